The number of anilines is 1. The summed E-state index contributed by atoms with van der Waals surface area (Å²) in [6, 6.07) is 0. The fraction of sp³-hybridized carbons (Fsp3) is 0.500. The quantitative estimate of drug-likeness (QED) is 0.620. The number of ether oxygens (including phenoxy) is 2. The van der Waals surface area contributed by atoms with E-state index in [-0.39, 0.29) is 44.7 Å². The van der Waals surface area contributed by atoms with Crippen LogP contribution in [0.1, 0.15) is 24.3 Å². The Labute approximate surface area is 153 Å². The van der Waals surface area contributed by atoms with Gasteiger partial charge in [-0.25, -0.2) is 4.79 Å². The molecule has 1 aromatic heterocycles. The lowest BCUT2D eigenvalue weighted by Crippen LogP contribution is -2.49. The highest BCUT2D eigenvalue weighted by Crippen LogP contribution is 2.32. The number of carbonyl (C=O) groups excluding carboxylic acids is 2. The van der Waals surface area contributed by atoms with Gasteiger partial charge in [0.1, 0.15) is 10.0 Å². The number of hydrogen-bond acceptors (Lipinski definition) is 5. The maximum Gasteiger partial charge on any atom is 0.405 e. The maximum atomic E-state index is 12.2. The van der Waals surface area contributed by atoms with Crippen LogP contribution in [0.3, 0.4) is 0 Å². The van der Waals surface area contributed by atoms with Crippen molar-refractivity contribution >= 4 is 52.4 Å². The highest BCUT2D eigenvalue weighted by molar-refractivity contribution is 6.45. The van der Waals surface area contributed by atoms with E-state index < -0.39 is 12.6 Å². The monoisotopic (exact) mass is 396 g/mol. The predicted molar refractivity (Wildman–Crippen MR) is 89.3 cm³/mol. The van der Waals surface area contributed by atoms with Gasteiger partial charge in [0.05, 0.1) is 17.9 Å². The zero-order valence-corrected chi connectivity index (χ0v) is 15.3. The molecule has 0 aliphatic carbocycles. The average molecular weight is 398 g/mol. The van der Waals surface area contributed by atoms with Gasteiger partial charge in [-0.1, -0.05) is 23.2 Å². The third-order valence-electron chi connectivity index (χ3n) is 3.42. The number of nitrogens with two attached hydrogens (primary N) is 1. The number of nitrogens with one attached hydrogen (secondary N) is 1. The number of carbonyl (C=O) groups is 2. The summed E-state index contributed by atoms with van der Waals surface area (Å²) in [5.74, 6) is -1.18. The van der Waals surface area contributed by atoms with E-state index in [0.717, 1.165) is 0 Å². The molecule has 132 valence electrons. The molecule has 1 aliphatic heterocycles. The molecule has 1 aliphatic rings. The van der Waals surface area contributed by atoms with Crippen LogP contribution < -0.4 is 10.7 Å². The lowest BCUT2D eigenvalue weighted by molar-refractivity contribution is -0.380. The Bertz CT molecular complexity index is 661. The summed E-state index contributed by atoms with van der Waals surface area (Å²) < 4.78 is 10.5. The molecule has 1 fully saturated rings. The van der Waals surface area contributed by atoms with Gasteiger partial charge < -0.3 is 20.1 Å². The largest absolute Gasteiger partial charge is 0.448 e. The number of nitrogen functional groups attached to an aromatic ring is 1. The van der Waals surface area contributed by atoms with Crippen LogP contribution in [0, 0.1) is 0 Å². The van der Waals surface area contributed by atoms with Crippen LogP contribution in [-0.2, 0) is 14.3 Å². The standard InChI is InChI=1S/C14H16Cl3N3O4/c1-6-3-20(4-7(2)24-6)8(21)5-23-14(22)12-9(15)11(18)10(16)13(17)19-12/h6-7H,3-5H2,1-2H3,(H2,18,19)/p+1/t6-,7-/m0/s1. The first-order chi connectivity index (χ1) is 11.2. The van der Waals surface area contributed by atoms with Crippen LogP contribution in [0.25, 0.3) is 0 Å². The van der Waals surface area contributed by atoms with Gasteiger partial charge in [-0.3, -0.25) is 4.79 Å². The van der Waals surface area contributed by atoms with Crippen molar-refractivity contribution < 1.29 is 24.0 Å². The zero-order chi connectivity index (χ0) is 18.0. The number of aromatic amines is 1. The van der Waals surface area contributed by atoms with Crippen LogP contribution in [-0.4, -0.2) is 48.7 Å². The first-order valence-electron chi connectivity index (χ1n) is 7.16. The summed E-state index contributed by atoms with van der Waals surface area (Å²) in [5.41, 5.74) is 5.45. The molecule has 3 N–H and O–H groups in total. The van der Waals surface area contributed by atoms with Crippen LogP contribution in [0.4, 0.5) is 5.69 Å². The molecule has 0 spiro atoms. The second-order valence-electron chi connectivity index (χ2n) is 5.49. The van der Waals surface area contributed by atoms with E-state index in [1.165, 1.54) is 0 Å². The maximum absolute atomic E-state index is 12.2. The summed E-state index contributed by atoms with van der Waals surface area (Å²) in [4.78, 5) is 28.4. The number of morpholine rings is 1. The molecule has 2 atom stereocenters. The minimum absolute atomic E-state index is 0.00517. The van der Waals surface area contributed by atoms with Crippen molar-refractivity contribution in [2.24, 2.45) is 0 Å². The number of amides is 1. The van der Waals surface area contributed by atoms with E-state index in [1.807, 2.05) is 13.8 Å². The van der Waals surface area contributed by atoms with Crippen LogP contribution in [0.2, 0.25) is 15.2 Å². The van der Waals surface area contributed by atoms with Crippen molar-refractivity contribution in [1.82, 2.24) is 4.90 Å². The number of esters is 1. The van der Waals surface area contributed by atoms with Crippen molar-refractivity contribution in [3.05, 3.63) is 20.9 Å². The highest BCUT2D eigenvalue weighted by Gasteiger charge is 2.30. The van der Waals surface area contributed by atoms with Crippen molar-refractivity contribution in [3.8, 4) is 0 Å². The number of pyridine rings is 1. The number of nitrogens with zero attached hydrogens (tertiary/aromatic N) is 1. The number of rotatable bonds is 3. The average Bonchev–Trinajstić information content (AvgIpc) is 2.52. The third kappa shape index (κ3) is 4.22. The molecule has 0 saturated carbocycles. The number of aromatic nitrogens is 1. The van der Waals surface area contributed by atoms with Gasteiger partial charge in [-0.05, 0) is 25.4 Å². The fourth-order valence-electron chi connectivity index (χ4n) is 2.38. The molecular weight excluding hydrogens is 381 g/mol. The van der Waals surface area contributed by atoms with Gasteiger partial charge in [-0.15, -0.1) is 0 Å². The summed E-state index contributed by atoms with van der Waals surface area (Å²) in [5, 5.41) is -0.159. The van der Waals surface area contributed by atoms with Crippen molar-refractivity contribution in [1.29, 1.82) is 0 Å². The summed E-state index contributed by atoms with van der Waals surface area (Å²) in [6.07, 6.45) is -0.155. The second-order valence-corrected chi connectivity index (χ2v) is 6.62. The normalized spacial score (nSPS) is 20.8. The summed E-state index contributed by atoms with van der Waals surface area (Å²) in [7, 11) is 0. The smallest absolute Gasteiger partial charge is 0.405 e. The molecular formula is C14H17Cl3N3O4+. The SMILES string of the molecule is C[C@H]1CN(C(=O)COC(=O)c2[nH+]c(Cl)c(Cl)c(N)c2Cl)C[C@H](C)O1. The Morgan fingerprint density at radius 3 is 2.42 bits per heavy atom. The van der Waals surface area contributed by atoms with Gasteiger partial charge in [0.15, 0.2) is 6.61 Å². The number of halogens is 3. The Hall–Kier alpha value is -1.28. The van der Waals surface area contributed by atoms with Crippen molar-refractivity contribution in [3.63, 3.8) is 0 Å². The third-order valence-corrected chi connectivity index (χ3v) is 4.59. The predicted octanol–water partition coefficient (Wildman–Crippen LogP) is 1.84. The van der Waals surface area contributed by atoms with Gasteiger partial charge in [0.25, 0.3) is 11.1 Å². The molecule has 0 unspecified atom stereocenters. The molecule has 0 aromatic carbocycles. The fourth-order valence-corrected chi connectivity index (χ4v) is 2.99. The zero-order valence-electron chi connectivity index (χ0n) is 13.1. The molecule has 0 bridgehead atoms. The topological polar surface area (TPSA) is 96.0 Å². The van der Waals surface area contributed by atoms with Gasteiger partial charge >= 0.3 is 11.7 Å². The molecule has 10 heteroatoms. The summed E-state index contributed by atoms with van der Waals surface area (Å²) in [6.45, 7) is 4.19. The van der Waals surface area contributed by atoms with E-state index >= 15 is 0 Å². The van der Waals surface area contributed by atoms with Crippen LogP contribution in [0.15, 0.2) is 0 Å². The van der Waals surface area contributed by atoms with E-state index in [1.54, 1.807) is 4.90 Å². The molecule has 0 radical (unpaired) electrons. The Balaban J connectivity index is 2.02. The lowest BCUT2D eigenvalue weighted by atomic mass is 10.2. The van der Waals surface area contributed by atoms with Gasteiger partial charge in [0, 0.05) is 13.1 Å². The molecule has 1 saturated heterocycles. The first-order valence-corrected chi connectivity index (χ1v) is 8.29. The molecule has 1 amide bonds. The second kappa shape index (κ2) is 7.74. The van der Waals surface area contributed by atoms with Crippen molar-refractivity contribution in [2.75, 3.05) is 25.4 Å². The van der Waals surface area contributed by atoms with Gasteiger partial charge in [0.2, 0.25) is 0 Å². The van der Waals surface area contributed by atoms with E-state index in [0.29, 0.717) is 13.1 Å². The minimum atomic E-state index is -0.854. The number of H-pyrrole nitrogens is 1. The van der Waals surface area contributed by atoms with E-state index in [9.17, 15) is 9.59 Å². The van der Waals surface area contributed by atoms with Crippen LogP contribution in [0.5, 0.6) is 0 Å². The van der Waals surface area contributed by atoms with Crippen LogP contribution >= 0.6 is 34.8 Å². The van der Waals surface area contributed by atoms with Crippen molar-refractivity contribution in [2.45, 2.75) is 26.1 Å². The highest BCUT2D eigenvalue weighted by atomic mass is 35.5. The Morgan fingerprint density at radius 2 is 1.83 bits per heavy atom. The molecule has 24 heavy (non-hydrogen) atoms. The summed E-state index contributed by atoms with van der Waals surface area (Å²) >= 11 is 17.6. The molecule has 2 heterocycles. The van der Waals surface area contributed by atoms with E-state index in [2.05, 4.69) is 4.98 Å². The molecule has 7 nitrogen and oxygen atoms in total. The Kier molecular flexibility index (Phi) is 6.14. The van der Waals surface area contributed by atoms with E-state index in [4.69, 9.17) is 50.0 Å². The van der Waals surface area contributed by atoms with Gasteiger partial charge in [-0.2, -0.15) is 4.98 Å². The minimum Gasteiger partial charge on any atom is -0.448 e. The number of hydrogen-bond donors (Lipinski definition) is 1. The molecule has 2 rings (SSSR count). The Morgan fingerprint density at radius 1 is 1.25 bits per heavy atom. The molecule has 1 aromatic rings. The first kappa shape index (κ1) is 19.1. The lowest BCUT2D eigenvalue weighted by Gasteiger charge is -2.35.